The van der Waals surface area contributed by atoms with E-state index in [1.165, 1.54) is 0 Å². The van der Waals surface area contributed by atoms with Gasteiger partial charge in [0.25, 0.3) is 0 Å². The molecule has 22 heavy (non-hydrogen) atoms. The van der Waals surface area contributed by atoms with Crippen molar-refractivity contribution >= 4 is 23.5 Å². The third-order valence-corrected chi connectivity index (χ3v) is 4.97. The number of carboxylic acids is 1. The van der Waals surface area contributed by atoms with Crippen molar-refractivity contribution in [3.63, 3.8) is 0 Å². The molecule has 1 aromatic rings. The Morgan fingerprint density at radius 2 is 1.68 bits per heavy atom. The van der Waals surface area contributed by atoms with Gasteiger partial charge in [0, 0.05) is 11.6 Å². The number of aliphatic carboxylic acids is 1. The lowest BCUT2D eigenvalue weighted by Crippen LogP contribution is -2.48. The average molecular weight is 320 g/mol. The van der Waals surface area contributed by atoms with E-state index in [9.17, 15) is 14.7 Å². The predicted molar refractivity (Wildman–Crippen MR) is 83.3 cm³/mol. The molecular weight excluding hydrogens is 302 g/mol. The van der Waals surface area contributed by atoms with E-state index in [2.05, 4.69) is 5.32 Å². The van der Waals surface area contributed by atoms with Crippen LogP contribution in [-0.2, 0) is 16.1 Å². The molecule has 1 amide bonds. The number of rotatable bonds is 4. The van der Waals surface area contributed by atoms with E-state index < -0.39 is 17.8 Å². The van der Waals surface area contributed by atoms with Crippen LogP contribution in [-0.4, -0.2) is 17.0 Å². The Labute approximate surface area is 134 Å². The molecule has 4 nitrogen and oxygen atoms in total. The van der Waals surface area contributed by atoms with Crippen molar-refractivity contribution in [1.82, 2.24) is 5.32 Å². The van der Waals surface area contributed by atoms with Crippen molar-refractivity contribution in [2.24, 2.45) is 23.7 Å². The van der Waals surface area contributed by atoms with Crippen LogP contribution in [0.2, 0.25) is 5.02 Å². The van der Waals surface area contributed by atoms with Crippen molar-refractivity contribution in [2.75, 3.05) is 0 Å². The summed E-state index contributed by atoms with van der Waals surface area (Å²) < 4.78 is 0. The molecule has 1 fully saturated rings. The SMILES string of the molecule is O=C(O)C1C2C=CC(CC2)C1C(=O)NCc1ccc(Cl)cc1. The van der Waals surface area contributed by atoms with Crippen LogP contribution in [0.15, 0.2) is 36.4 Å². The largest absolute Gasteiger partial charge is 0.481 e. The number of carboxylic acid groups (broad SMARTS) is 1. The molecule has 0 heterocycles. The average Bonchev–Trinajstić information content (AvgIpc) is 2.54. The number of amides is 1. The number of carbonyl (C=O) groups is 2. The van der Waals surface area contributed by atoms with Crippen LogP contribution in [0.1, 0.15) is 18.4 Å². The first-order chi connectivity index (χ1) is 10.6. The molecule has 5 heteroatoms. The zero-order valence-corrected chi connectivity index (χ0v) is 12.8. The normalized spacial score (nSPS) is 29.3. The number of hydrogen-bond acceptors (Lipinski definition) is 2. The lowest BCUT2D eigenvalue weighted by Gasteiger charge is -2.41. The number of benzene rings is 1. The Morgan fingerprint density at radius 3 is 2.23 bits per heavy atom. The van der Waals surface area contributed by atoms with Gasteiger partial charge in [-0.2, -0.15) is 0 Å². The smallest absolute Gasteiger partial charge is 0.307 e. The molecule has 1 saturated carbocycles. The standard InChI is InChI=1S/C17H18ClNO3/c18-13-7-1-10(2-8-13)9-19-16(20)14-11-3-5-12(6-4-11)15(14)17(21)22/h1-3,5,7-8,11-12,14-15H,4,6,9H2,(H,19,20)(H,21,22). The molecule has 3 aliphatic carbocycles. The van der Waals surface area contributed by atoms with Crippen LogP contribution in [0.4, 0.5) is 0 Å². The molecule has 0 radical (unpaired) electrons. The molecule has 0 spiro atoms. The number of fused-ring (bicyclic) bond motifs is 2. The highest BCUT2D eigenvalue weighted by Crippen LogP contribution is 2.45. The highest BCUT2D eigenvalue weighted by molar-refractivity contribution is 6.30. The first kappa shape index (κ1) is 15.1. The van der Waals surface area contributed by atoms with E-state index in [0.29, 0.717) is 11.6 Å². The Morgan fingerprint density at radius 1 is 1.09 bits per heavy atom. The van der Waals surface area contributed by atoms with E-state index in [1.807, 2.05) is 24.3 Å². The monoisotopic (exact) mass is 319 g/mol. The molecule has 4 rings (SSSR count). The Hall–Kier alpha value is -1.81. The summed E-state index contributed by atoms with van der Waals surface area (Å²) in [5.74, 6) is -2.08. The lowest BCUT2D eigenvalue weighted by molar-refractivity contribution is -0.153. The van der Waals surface area contributed by atoms with Gasteiger partial charge in [-0.15, -0.1) is 0 Å². The van der Waals surface area contributed by atoms with E-state index in [0.717, 1.165) is 18.4 Å². The number of nitrogens with one attached hydrogen (secondary N) is 1. The number of halogens is 1. The van der Waals surface area contributed by atoms with Gasteiger partial charge in [-0.25, -0.2) is 0 Å². The van der Waals surface area contributed by atoms with Gasteiger partial charge in [0.1, 0.15) is 0 Å². The van der Waals surface area contributed by atoms with E-state index in [1.54, 1.807) is 12.1 Å². The van der Waals surface area contributed by atoms with E-state index in [4.69, 9.17) is 11.6 Å². The third-order valence-electron chi connectivity index (χ3n) is 4.72. The van der Waals surface area contributed by atoms with Crippen LogP contribution in [0.3, 0.4) is 0 Å². The summed E-state index contributed by atoms with van der Waals surface area (Å²) in [5, 5.41) is 13.0. The molecular formula is C17H18ClNO3. The van der Waals surface area contributed by atoms with E-state index in [-0.39, 0.29) is 17.7 Å². The van der Waals surface area contributed by atoms with E-state index >= 15 is 0 Å². The van der Waals surface area contributed by atoms with Crippen molar-refractivity contribution in [1.29, 1.82) is 0 Å². The van der Waals surface area contributed by atoms with Crippen molar-refractivity contribution in [3.05, 3.63) is 47.0 Å². The quantitative estimate of drug-likeness (QED) is 0.839. The Bertz CT molecular complexity index is 611. The molecule has 1 aromatic carbocycles. The second kappa shape index (κ2) is 6.13. The second-order valence-electron chi connectivity index (χ2n) is 6.02. The Kier molecular flexibility index (Phi) is 4.21. The maximum absolute atomic E-state index is 12.5. The fourth-order valence-corrected chi connectivity index (χ4v) is 3.72. The molecule has 0 saturated heterocycles. The maximum atomic E-state index is 12.5. The van der Waals surface area contributed by atoms with Gasteiger partial charge in [-0.1, -0.05) is 35.9 Å². The van der Waals surface area contributed by atoms with Crippen LogP contribution in [0.25, 0.3) is 0 Å². The zero-order valence-electron chi connectivity index (χ0n) is 12.0. The fourth-order valence-electron chi connectivity index (χ4n) is 3.60. The number of hydrogen-bond donors (Lipinski definition) is 2. The summed E-state index contributed by atoms with van der Waals surface area (Å²) in [4.78, 5) is 24.1. The minimum absolute atomic E-state index is 0.0196. The van der Waals surface area contributed by atoms with Gasteiger partial charge in [-0.3, -0.25) is 9.59 Å². The summed E-state index contributed by atoms with van der Waals surface area (Å²) >= 11 is 5.83. The van der Waals surface area contributed by atoms with Gasteiger partial charge in [-0.05, 0) is 42.4 Å². The molecule has 2 N–H and O–H groups in total. The fraction of sp³-hybridized carbons (Fsp3) is 0.412. The summed E-state index contributed by atoms with van der Waals surface area (Å²) in [5.41, 5.74) is 0.945. The third kappa shape index (κ3) is 2.88. The van der Waals surface area contributed by atoms with Gasteiger partial charge in [0.05, 0.1) is 11.8 Å². The summed E-state index contributed by atoms with van der Waals surface area (Å²) in [6.45, 7) is 0.389. The molecule has 4 unspecified atom stereocenters. The molecule has 116 valence electrons. The lowest BCUT2D eigenvalue weighted by atomic mass is 9.62. The highest BCUT2D eigenvalue weighted by Gasteiger charge is 2.47. The van der Waals surface area contributed by atoms with Gasteiger partial charge in [0.2, 0.25) is 5.91 Å². The maximum Gasteiger partial charge on any atom is 0.307 e. The topological polar surface area (TPSA) is 66.4 Å². The minimum Gasteiger partial charge on any atom is -0.481 e. The molecule has 0 aliphatic heterocycles. The second-order valence-corrected chi connectivity index (χ2v) is 6.46. The van der Waals surface area contributed by atoms with Crippen LogP contribution in [0, 0.1) is 23.7 Å². The molecule has 0 aromatic heterocycles. The van der Waals surface area contributed by atoms with Gasteiger partial charge >= 0.3 is 5.97 Å². The number of allylic oxidation sites excluding steroid dienone is 2. The summed E-state index contributed by atoms with van der Waals surface area (Å²) in [7, 11) is 0. The van der Waals surface area contributed by atoms with Crippen molar-refractivity contribution in [2.45, 2.75) is 19.4 Å². The van der Waals surface area contributed by atoms with Crippen molar-refractivity contribution in [3.8, 4) is 0 Å². The first-order valence-electron chi connectivity index (χ1n) is 7.49. The molecule has 3 aliphatic rings. The number of carbonyl (C=O) groups excluding carboxylic acids is 1. The van der Waals surface area contributed by atoms with Crippen LogP contribution < -0.4 is 5.32 Å². The van der Waals surface area contributed by atoms with Crippen molar-refractivity contribution < 1.29 is 14.7 Å². The van der Waals surface area contributed by atoms with Gasteiger partial charge < -0.3 is 10.4 Å². The predicted octanol–water partition coefficient (Wildman–Crippen LogP) is 2.87. The molecule has 4 atom stereocenters. The summed E-state index contributed by atoms with van der Waals surface area (Å²) in [6, 6.07) is 7.25. The van der Waals surface area contributed by atoms with Crippen LogP contribution >= 0.6 is 11.6 Å². The zero-order chi connectivity index (χ0) is 15.7. The summed E-state index contributed by atoms with van der Waals surface area (Å²) in [6.07, 6.45) is 5.74. The Balaban J connectivity index is 1.69. The molecule has 2 bridgehead atoms. The first-order valence-corrected chi connectivity index (χ1v) is 7.87. The highest BCUT2D eigenvalue weighted by atomic mass is 35.5. The van der Waals surface area contributed by atoms with Crippen LogP contribution in [0.5, 0.6) is 0 Å². The van der Waals surface area contributed by atoms with Gasteiger partial charge in [0.15, 0.2) is 0 Å². The minimum atomic E-state index is -0.870.